The minimum Gasteiger partial charge on any atom is -0.454 e. The van der Waals surface area contributed by atoms with Crippen molar-refractivity contribution in [2.75, 3.05) is 18.7 Å². The van der Waals surface area contributed by atoms with Crippen LogP contribution in [0.2, 0.25) is 0 Å². The van der Waals surface area contributed by atoms with Gasteiger partial charge in [0.25, 0.3) is 0 Å². The second-order valence-corrected chi connectivity index (χ2v) is 5.42. The highest BCUT2D eigenvalue weighted by Crippen LogP contribution is 2.34. The van der Waals surface area contributed by atoms with E-state index in [1.807, 2.05) is 18.2 Å². The number of nitrogens with one attached hydrogen (secondary N) is 1. The van der Waals surface area contributed by atoms with Crippen LogP contribution in [0.3, 0.4) is 0 Å². The standard InChI is InChI=1S/C14H18N2O2S/c1-10-4-2-3-7-16(10)14(19)15-11-5-6-12-13(8-11)18-9-17-12/h5-6,8,10H,2-4,7,9H2,1H3,(H,15,19). The Hall–Kier alpha value is -1.49. The van der Waals surface area contributed by atoms with Gasteiger partial charge in [0.05, 0.1) is 0 Å². The molecule has 1 unspecified atom stereocenters. The smallest absolute Gasteiger partial charge is 0.231 e. The first kappa shape index (κ1) is 12.5. The molecule has 0 saturated carbocycles. The lowest BCUT2D eigenvalue weighted by atomic mass is 10.0. The van der Waals surface area contributed by atoms with Gasteiger partial charge in [-0.1, -0.05) is 0 Å². The van der Waals surface area contributed by atoms with Crippen LogP contribution < -0.4 is 14.8 Å². The SMILES string of the molecule is CC1CCCCN1C(=S)Nc1ccc2c(c1)OCO2. The largest absolute Gasteiger partial charge is 0.454 e. The van der Waals surface area contributed by atoms with Crippen LogP contribution in [-0.4, -0.2) is 29.4 Å². The quantitative estimate of drug-likeness (QED) is 0.799. The van der Waals surface area contributed by atoms with Gasteiger partial charge >= 0.3 is 0 Å². The molecule has 1 atom stereocenters. The van der Waals surface area contributed by atoms with E-state index < -0.39 is 0 Å². The van der Waals surface area contributed by atoms with Crippen LogP contribution in [0, 0.1) is 0 Å². The van der Waals surface area contributed by atoms with E-state index in [1.54, 1.807) is 0 Å². The fraction of sp³-hybridized carbons (Fsp3) is 0.500. The summed E-state index contributed by atoms with van der Waals surface area (Å²) in [4.78, 5) is 2.27. The number of piperidine rings is 1. The highest BCUT2D eigenvalue weighted by Gasteiger charge is 2.21. The summed E-state index contributed by atoms with van der Waals surface area (Å²) < 4.78 is 10.7. The predicted molar refractivity (Wildman–Crippen MR) is 78.8 cm³/mol. The fourth-order valence-corrected chi connectivity index (χ4v) is 2.96. The Morgan fingerprint density at radius 2 is 2.16 bits per heavy atom. The number of anilines is 1. The van der Waals surface area contributed by atoms with Crippen molar-refractivity contribution < 1.29 is 9.47 Å². The van der Waals surface area contributed by atoms with E-state index >= 15 is 0 Å². The minimum atomic E-state index is 0.298. The Morgan fingerprint density at radius 3 is 3.00 bits per heavy atom. The number of fused-ring (bicyclic) bond motifs is 1. The molecule has 4 nitrogen and oxygen atoms in total. The number of hydrogen-bond donors (Lipinski definition) is 1. The second kappa shape index (κ2) is 5.25. The molecule has 3 rings (SSSR count). The molecule has 0 spiro atoms. The first-order valence-electron chi connectivity index (χ1n) is 6.71. The predicted octanol–water partition coefficient (Wildman–Crippen LogP) is 2.99. The van der Waals surface area contributed by atoms with E-state index in [1.165, 1.54) is 19.3 Å². The number of thiocarbonyl (C=S) groups is 1. The van der Waals surface area contributed by atoms with E-state index in [0.717, 1.165) is 28.8 Å². The van der Waals surface area contributed by atoms with Gasteiger partial charge in [-0.25, -0.2) is 0 Å². The summed E-state index contributed by atoms with van der Waals surface area (Å²) >= 11 is 5.50. The van der Waals surface area contributed by atoms with Crippen molar-refractivity contribution >= 4 is 23.0 Å². The van der Waals surface area contributed by atoms with Gasteiger partial charge in [-0.2, -0.15) is 0 Å². The summed E-state index contributed by atoms with van der Waals surface area (Å²) in [5, 5.41) is 4.09. The molecule has 2 aliphatic rings. The zero-order chi connectivity index (χ0) is 13.2. The third kappa shape index (κ3) is 2.61. The lowest BCUT2D eigenvalue weighted by molar-refractivity contribution is 0.174. The molecule has 1 saturated heterocycles. The molecule has 1 aromatic carbocycles. The van der Waals surface area contributed by atoms with Crippen molar-refractivity contribution in [2.24, 2.45) is 0 Å². The van der Waals surface area contributed by atoms with Gasteiger partial charge in [0.15, 0.2) is 16.6 Å². The normalized spacial score (nSPS) is 21.3. The van der Waals surface area contributed by atoms with Gasteiger partial charge < -0.3 is 19.7 Å². The Morgan fingerprint density at radius 1 is 1.32 bits per heavy atom. The van der Waals surface area contributed by atoms with E-state index in [9.17, 15) is 0 Å². The summed E-state index contributed by atoms with van der Waals surface area (Å²) in [6.45, 7) is 3.57. The van der Waals surface area contributed by atoms with Crippen LogP contribution in [0.4, 0.5) is 5.69 Å². The molecular formula is C14H18N2O2S. The van der Waals surface area contributed by atoms with Crippen LogP contribution in [0.5, 0.6) is 11.5 Å². The van der Waals surface area contributed by atoms with Crippen molar-refractivity contribution in [1.29, 1.82) is 0 Å². The molecule has 0 aromatic heterocycles. The van der Waals surface area contributed by atoms with Crippen LogP contribution in [0.1, 0.15) is 26.2 Å². The Labute approximate surface area is 118 Å². The van der Waals surface area contributed by atoms with E-state index in [4.69, 9.17) is 21.7 Å². The maximum atomic E-state index is 5.50. The molecule has 0 amide bonds. The zero-order valence-electron chi connectivity index (χ0n) is 11.0. The van der Waals surface area contributed by atoms with Gasteiger partial charge in [-0.3, -0.25) is 0 Å². The lowest BCUT2D eigenvalue weighted by Crippen LogP contribution is -2.44. The first-order chi connectivity index (χ1) is 9.24. The first-order valence-corrected chi connectivity index (χ1v) is 7.12. The summed E-state index contributed by atoms with van der Waals surface area (Å²) in [7, 11) is 0. The Kier molecular flexibility index (Phi) is 3.46. The van der Waals surface area contributed by atoms with Crippen molar-refractivity contribution in [3.05, 3.63) is 18.2 Å². The number of ether oxygens (including phenoxy) is 2. The number of benzene rings is 1. The van der Waals surface area contributed by atoms with E-state index in [2.05, 4.69) is 17.1 Å². The minimum absolute atomic E-state index is 0.298. The molecular weight excluding hydrogens is 260 g/mol. The average molecular weight is 278 g/mol. The average Bonchev–Trinajstić information content (AvgIpc) is 2.86. The van der Waals surface area contributed by atoms with Crippen molar-refractivity contribution in [2.45, 2.75) is 32.2 Å². The van der Waals surface area contributed by atoms with Crippen LogP contribution >= 0.6 is 12.2 Å². The number of rotatable bonds is 1. The van der Waals surface area contributed by atoms with Gasteiger partial charge in [-0.15, -0.1) is 0 Å². The molecule has 0 aliphatic carbocycles. The zero-order valence-corrected chi connectivity index (χ0v) is 11.8. The molecule has 2 aliphatic heterocycles. The topological polar surface area (TPSA) is 33.7 Å². The molecule has 1 N–H and O–H groups in total. The van der Waals surface area contributed by atoms with Crippen LogP contribution in [-0.2, 0) is 0 Å². The molecule has 2 heterocycles. The Balaban J connectivity index is 1.69. The van der Waals surface area contributed by atoms with E-state index in [0.29, 0.717) is 12.8 Å². The molecule has 1 fully saturated rings. The van der Waals surface area contributed by atoms with E-state index in [-0.39, 0.29) is 0 Å². The molecule has 5 heteroatoms. The number of hydrogen-bond acceptors (Lipinski definition) is 3. The summed E-state index contributed by atoms with van der Waals surface area (Å²) in [6, 6.07) is 6.33. The van der Waals surface area contributed by atoms with Crippen molar-refractivity contribution in [3.63, 3.8) is 0 Å². The summed E-state index contributed by atoms with van der Waals surface area (Å²) in [6.07, 6.45) is 3.72. The molecule has 0 bridgehead atoms. The van der Waals surface area contributed by atoms with Gasteiger partial charge in [0.2, 0.25) is 6.79 Å². The van der Waals surface area contributed by atoms with Crippen molar-refractivity contribution in [1.82, 2.24) is 4.90 Å². The maximum absolute atomic E-state index is 5.50. The highest BCUT2D eigenvalue weighted by molar-refractivity contribution is 7.80. The summed E-state index contributed by atoms with van der Waals surface area (Å²) in [5.74, 6) is 1.57. The maximum Gasteiger partial charge on any atom is 0.231 e. The lowest BCUT2D eigenvalue weighted by Gasteiger charge is -2.35. The summed E-state index contributed by atoms with van der Waals surface area (Å²) in [5.41, 5.74) is 0.951. The molecule has 102 valence electrons. The van der Waals surface area contributed by atoms with Crippen LogP contribution in [0.15, 0.2) is 18.2 Å². The van der Waals surface area contributed by atoms with Gasteiger partial charge in [0, 0.05) is 24.3 Å². The monoisotopic (exact) mass is 278 g/mol. The number of nitrogens with zero attached hydrogens (tertiary/aromatic N) is 1. The highest BCUT2D eigenvalue weighted by atomic mass is 32.1. The van der Waals surface area contributed by atoms with Gasteiger partial charge in [0.1, 0.15) is 0 Å². The Bertz CT molecular complexity index is 492. The molecule has 19 heavy (non-hydrogen) atoms. The third-order valence-electron chi connectivity index (χ3n) is 3.69. The van der Waals surface area contributed by atoms with Gasteiger partial charge in [-0.05, 0) is 50.5 Å². The molecule has 0 radical (unpaired) electrons. The van der Waals surface area contributed by atoms with Crippen molar-refractivity contribution in [3.8, 4) is 11.5 Å². The fourth-order valence-electron chi connectivity index (χ4n) is 2.57. The third-order valence-corrected chi connectivity index (χ3v) is 4.02. The van der Waals surface area contributed by atoms with Crippen LogP contribution in [0.25, 0.3) is 0 Å². The number of likely N-dealkylation sites (tertiary alicyclic amines) is 1. The molecule has 1 aromatic rings. The second-order valence-electron chi connectivity index (χ2n) is 5.04.